The third-order valence-corrected chi connectivity index (χ3v) is 3.41. The van der Waals surface area contributed by atoms with Crippen LogP contribution in [0.3, 0.4) is 0 Å². The summed E-state index contributed by atoms with van der Waals surface area (Å²) < 4.78 is 42.1. The number of hydrogen-bond acceptors (Lipinski definition) is 2. The molecule has 2 nitrogen and oxygen atoms in total. The Morgan fingerprint density at radius 3 is 2.63 bits per heavy atom. The van der Waals surface area contributed by atoms with E-state index >= 15 is 0 Å². The van der Waals surface area contributed by atoms with Crippen LogP contribution >= 0.6 is 15.9 Å². The number of methoxy groups -OCH3 is 1. The molecule has 0 radical (unpaired) electrons. The van der Waals surface area contributed by atoms with Crippen LogP contribution in [0, 0.1) is 5.92 Å². The Bertz CT molecular complexity index is 409. The summed E-state index contributed by atoms with van der Waals surface area (Å²) >= 11 is 3.43. The first-order valence-corrected chi connectivity index (χ1v) is 6.71. The molecule has 0 fully saturated rings. The molecule has 0 aliphatic carbocycles. The molecule has 1 unspecified atom stereocenters. The molecule has 1 N–H and O–H groups in total. The fraction of sp³-hybridized carbons (Fsp3) is 0.538. The minimum absolute atomic E-state index is 0.103. The van der Waals surface area contributed by atoms with E-state index in [4.69, 9.17) is 4.74 Å². The van der Waals surface area contributed by atoms with Gasteiger partial charge in [-0.3, -0.25) is 0 Å². The van der Waals surface area contributed by atoms with Crippen molar-refractivity contribution >= 4 is 15.9 Å². The molecule has 0 aromatic heterocycles. The highest BCUT2D eigenvalue weighted by Crippen LogP contribution is 2.24. The van der Waals surface area contributed by atoms with Gasteiger partial charge in [0, 0.05) is 4.47 Å². The Labute approximate surface area is 119 Å². The van der Waals surface area contributed by atoms with E-state index in [0.29, 0.717) is 13.0 Å². The first-order chi connectivity index (χ1) is 8.81. The highest BCUT2D eigenvalue weighted by Gasteiger charge is 2.26. The fourth-order valence-corrected chi connectivity index (χ4v) is 2.15. The summed E-state index contributed by atoms with van der Waals surface area (Å²) in [6.07, 6.45) is -3.47. The molecule has 1 rings (SSSR count). The zero-order valence-electron chi connectivity index (χ0n) is 10.9. The lowest BCUT2D eigenvalue weighted by atomic mass is 10.0. The molecule has 108 valence electrons. The lowest BCUT2D eigenvalue weighted by Crippen LogP contribution is -2.32. The molecular formula is C13H17BrF3NO. The summed E-state index contributed by atoms with van der Waals surface area (Å²) in [6.45, 7) is 1.29. The highest BCUT2D eigenvalue weighted by atomic mass is 79.9. The van der Waals surface area contributed by atoms with Gasteiger partial charge in [-0.2, -0.15) is 13.2 Å². The highest BCUT2D eigenvalue weighted by molar-refractivity contribution is 9.10. The summed E-state index contributed by atoms with van der Waals surface area (Å²) in [6, 6.07) is 5.61. The molecule has 0 spiro atoms. The molecule has 0 amide bonds. The number of hydrogen-bond donors (Lipinski definition) is 1. The van der Waals surface area contributed by atoms with Gasteiger partial charge in [0.2, 0.25) is 0 Å². The lowest BCUT2D eigenvalue weighted by Gasteiger charge is -2.15. The summed E-state index contributed by atoms with van der Waals surface area (Å²) in [7, 11) is 1.58. The van der Waals surface area contributed by atoms with Crippen LogP contribution < -0.4 is 10.1 Å². The Morgan fingerprint density at radius 2 is 2.05 bits per heavy atom. The molecular weight excluding hydrogens is 323 g/mol. The lowest BCUT2D eigenvalue weighted by molar-refractivity contribution is -0.125. The molecule has 19 heavy (non-hydrogen) atoms. The van der Waals surface area contributed by atoms with Crippen LogP contribution in [0.5, 0.6) is 5.75 Å². The molecule has 0 aliphatic rings. The number of alkyl halides is 3. The molecule has 0 saturated heterocycles. The predicted octanol–water partition coefficient (Wildman–Crippen LogP) is 3.79. The largest absolute Gasteiger partial charge is 0.497 e. The van der Waals surface area contributed by atoms with Crippen LogP contribution in [0.1, 0.15) is 12.5 Å². The van der Waals surface area contributed by atoms with E-state index in [2.05, 4.69) is 21.2 Å². The van der Waals surface area contributed by atoms with Crippen molar-refractivity contribution in [3.05, 3.63) is 28.2 Å². The monoisotopic (exact) mass is 339 g/mol. The first kappa shape index (κ1) is 16.3. The van der Waals surface area contributed by atoms with Gasteiger partial charge in [0.1, 0.15) is 5.75 Å². The average molecular weight is 340 g/mol. The molecule has 0 aliphatic heterocycles. The van der Waals surface area contributed by atoms with Crippen LogP contribution in [-0.4, -0.2) is 26.4 Å². The molecule has 1 atom stereocenters. The van der Waals surface area contributed by atoms with Crippen molar-refractivity contribution in [1.82, 2.24) is 5.32 Å². The molecule has 1 aromatic rings. The fourth-order valence-electron chi connectivity index (χ4n) is 1.74. The van der Waals surface area contributed by atoms with E-state index in [1.54, 1.807) is 7.11 Å². The molecule has 0 heterocycles. The Hall–Kier alpha value is -0.750. The molecule has 0 saturated carbocycles. The third-order valence-electron chi connectivity index (χ3n) is 2.64. The molecule has 0 bridgehead atoms. The van der Waals surface area contributed by atoms with Gasteiger partial charge in [0.15, 0.2) is 0 Å². The normalized spacial score (nSPS) is 13.4. The van der Waals surface area contributed by atoms with Crippen LogP contribution in [0.4, 0.5) is 13.2 Å². The van der Waals surface area contributed by atoms with Crippen LogP contribution in [-0.2, 0) is 6.42 Å². The maximum absolute atomic E-state index is 12.0. The quantitative estimate of drug-likeness (QED) is 0.851. The molecule has 6 heteroatoms. The smallest absolute Gasteiger partial charge is 0.401 e. The Balaban J connectivity index is 2.50. The summed E-state index contributed by atoms with van der Waals surface area (Å²) in [5.41, 5.74) is 1.03. The second-order valence-corrected chi connectivity index (χ2v) is 5.37. The van der Waals surface area contributed by atoms with Gasteiger partial charge in [-0.15, -0.1) is 0 Å². The van der Waals surface area contributed by atoms with Gasteiger partial charge in [-0.25, -0.2) is 0 Å². The van der Waals surface area contributed by atoms with Gasteiger partial charge in [0.25, 0.3) is 0 Å². The van der Waals surface area contributed by atoms with Crippen molar-refractivity contribution in [2.45, 2.75) is 19.5 Å². The summed E-state index contributed by atoms with van der Waals surface area (Å²) in [5, 5.41) is 2.42. The predicted molar refractivity (Wildman–Crippen MR) is 72.5 cm³/mol. The zero-order chi connectivity index (χ0) is 14.5. The van der Waals surface area contributed by atoms with E-state index in [1.807, 2.05) is 25.1 Å². The van der Waals surface area contributed by atoms with Crippen LogP contribution in [0.25, 0.3) is 0 Å². The van der Waals surface area contributed by atoms with Gasteiger partial charge in [0.05, 0.1) is 13.7 Å². The SMILES string of the molecule is COc1ccc(Br)c(CC(C)CNCC(F)(F)F)c1. The standard InChI is InChI=1S/C13H17BrF3NO/c1-9(7-18-8-13(15,16)17)5-10-6-11(19-2)3-4-12(10)14/h3-4,6,9,18H,5,7-8H2,1-2H3. The summed E-state index contributed by atoms with van der Waals surface area (Å²) in [4.78, 5) is 0. The number of ether oxygens (including phenoxy) is 1. The van der Waals surface area contributed by atoms with Crippen molar-refractivity contribution in [3.8, 4) is 5.75 Å². The zero-order valence-corrected chi connectivity index (χ0v) is 12.4. The van der Waals surface area contributed by atoms with Crippen molar-refractivity contribution < 1.29 is 17.9 Å². The van der Waals surface area contributed by atoms with E-state index in [0.717, 1.165) is 15.8 Å². The number of halogens is 4. The van der Waals surface area contributed by atoms with Gasteiger partial charge in [-0.1, -0.05) is 22.9 Å². The first-order valence-electron chi connectivity index (χ1n) is 5.91. The third kappa shape index (κ3) is 6.29. The number of nitrogens with one attached hydrogen (secondary N) is 1. The molecule has 1 aromatic carbocycles. The van der Waals surface area contributed by atoms with E-state index in [9.17, 15) is 13.2 Å². The Kier molecular flexibility index (Phi) is 6.13. The minimum atomic E-state index is -4.16. The minimum Gasteiger partial charge on any atom is -0.497 e. The van der Waals surface area contributed by atoms with E-state index in [-0.39, 0.29) is 5.92 Å². The van der Waals surface area contributed by atoms with Crippen molar-refractivity contribution in [3.63, 3.8) is 0 Å². The number of benzene rings is 1. The maximum Gasteiger partial charge on any atom is 0.401 e. The van der Waals surface area contributed by atoms with Crippen LogP contribution in [0.15, 0.2) is 22.7 Å². The van der Waals surface area contributed by atoms with Gasteiger partial charge in [-0.05, 0) is 42.6 Å². The second kappa shape index (κ2) is 7.14. The van der Waals surface area contributed by atoms with E-state index < -0.39 is 12.7 Å². The van der Waals surface area contributed by atoms with Crippen molar-refractivity contribution in [2.24, 2.45) is 5.92 Å². The Morgan fingerprint density at radius 1 is 1.37 bits per heavy atom. The average Bonchev–Trinajstić information content (AvgIpc) is 2.30. The van der Waals surface area contributed by atoms with Crippen LogP contribution in [0.2, 0.25) is 0 Å². The number of rotatable bonds is 6. The maximum atomic E-state index is 12.0. The van der Waals surface area contributed by atoms with Gasteiger partial charge < -0.3 is 10.1 Å². The van der Waals surface area contributed by atoms with E-state index in [1.165, 1.54) is 0 Å². The second-order valence-electron chi connectivity index (χ2n) is 4.51. The van der Waals surface area contributed by atoms with Crippen molar-refractivity contribution in [1.29, 1.82) is 0 Å². The topological polar surface area (TPSA) is 21.3 Å². The summed E-state index contributed by atoms with van der Waals surface area (Å²) in [5.74, 6) is 0.847. The van der Waals surface area contributed by atoms with Gasteiger partial charge >= 0.3 is 6.18 Å². The van der Waals surface area contributed by atoms with Crippen molar-refractivity contribution in [2.75, 3.05) is 20.2 Å².